The van der Waals surface area contributed by atoms with Crippen molar-refractivity contribution >= 4 is 50.9 Å². The lowest BCUT2D eigenvalue weighted by molar-refractivity contribution is -0.139. The molecular weight excluding hydrogens is 706 g/mol. The first-order chi connectivity index (χ1) is 23.4. The largest absolute Gasteiger partial charge is 0.463 e. The Balaban J connectivity index is 1.52. The second-order valence-electron chi connectivity index (χ2n) is 11.2. The zero-order valence-corrected chi connectivity index (χ0v) is 29.2. The van der Waals surface area contributed by atoms with E-state index in [1.807, 2.05) is 72.8 Å². The molecule has 7 rings (SSSR count). The first kappa shape index (κ1) is 31.8. The monoisotopic (exact) mass is 733 g/mol. The predicted molar refractivity (Wildman–Crippen MR) is 196 cm³/mol. The molecule has 4 aromatic carbocycles. The number of nitrogens with zero attached hydrogens (tertiary/aromatic N) is 3. The van der Waals surface area contributed by atoms with E-state index in [0.29, 0.717) is 31.2 Å². The van der Waals surface area contributed by atoms with Crippen LogP contribution in [0.3, 0.4) is 0 Å². The zero-order valence-electron chi connectivity index (χ0n) is 26.1. The molecule has 1 aliphatic rings. The number of fused-ring (bicyclic) bond motifs is 1. The Morgan fingerprint density at radius 1 is 0.938 bits per heavy atom. The van der Waals surface area contributed by atoms with Crippen molar-refractivity contribution in [1.29, 1.82) is 0 Å². The molecule has 0 bridgehead atoms. The Morgan fingerprint density at radius 2 is 1.58 bits per heavy atom. The summed E-state index contributed by atoms with van der Waals surface area (Å²) in [5, 5.41) is 0.444. The van der Waals surface area contributed by atoms with E-state index in [4.69, 9.17) is 21.3 Å². The van der Waals surface area contributed by atoms with Crippen LogP contribution in [0.25, 0.3) is 34.3 Å². The molecule has 0 fully saturated rings. The van der Waals surface area contributed by atoms with Crippen LogP contribution in [0.1, 0.15) is 31.0 Å². The summed E-state index contributed by atoms with van der Waals surface area (Å²) >= 11 is 11.6. The van der Waals surface area contributed by atoms with Gasteiger partial charge in [0.2, 0.25) is 0 Å². The number of ether oxygens (including phenoxy) is 1. The van der Waals surface area contributed by atoms with Gasteiger partial charge in [0.25, 0.3) is 5.56 Å². The first-order valence-corrected chi connectivity index (χ1v) is 17.4. The number of thiazole rings is 1. The molecule has 6 aromatic rings. The van der Waals surface area contributed by atoms with Crippen molar-refractivity contribution in [2.24, 2.45) is 4.99 Å². The molecule has 1 aliphatic heterocycles. The molecule has 0 saturated carbocycles. The van der Waals surface area contributed by atoms with E-state index in [9.17, 15) is 9.59 Å². The third kappa shape index (κ3) is 5.81. The lowest BCUT2D eigenvalue weighted by Crippen LogP contribution is -2.40. The van der Waals surface area contributed by atoms with Gasteiger partial charge in [-0.05, 0) is 73.0 Å². The Morgan fingerprint density at radius 3 is 2.25 bits per heavy atom. The molecule has 0 amide bonds. The van der Waals surface area contributed by atoms with E-state index >= 15 is 0 Å². The molecule has 1 atom stereocenters. The number of halogens is 2. The fourth-order valence-corrected chi connectivity index (χ4v) is 7.68. The van der Waals surface area contributed by atoms with Gasteiger partial charge in [-0.15, -0.1) is 0 Å². The number of benzene rings is 4. The molecular formula is C39H29BrClN3O3S. The number of hydrogen-bond acceptors (Lipinski definition) is 5. The van der Waals surface area contributed by atoms with Crippen molar-refractivity contribution in [2.45, 2.75) is 19.9 Å². The van der Waals surface area contributed by atoms with Crippen LogP contribution in [0, 0.1) is 0 Å². The van der Waals surface area contributed by atoms with Crippen LogP contribution in [-0.4, -0.2) is 21.7 Å². The number of hydrogen-bond donors (Lipinski definition) is 0. The number of rotatable bonds is 7. The van der Waals surface area contributed by atoms with E-state index in [-0.39, 0.29) is 12.2 Å². The van der Waals surface area contributed by atoms with Crippen molar-refractivity contribution in [3.63, 3.8) is 0 Å². The van der Waals surface area contributed by atoms with Crippen LogP contribution < -0.4 is 14.9 Å². The lowest BCUT2D eigenvalue weighted by atomic mass is 9.96. The normalized spacial score (nSPS) is 14.5. The van der Waals surface area contributed by atoms with Crippen molar-refractivity contribution in [3.05, 3.63) is 167 Å². The summed E-state index contributed by atoms with van der Waals surface area (Å²) in [5.41, 5.74) is 6.93. The van der Waals surface area contributed by atoms with Crippen molar-refractivity contribution < 1.29 is 9.53 Å². The zero-order chi connectivity index (χ0) is 33.4. The molecule has 238 valence electrons. The summed E-state index contributed by atoms with van der Waals surface area (Å²) in [5.74, 6) is -0.525. The average molecular weight is 735 g/mol. The Kier molecular flexibility index (Phi) is 8.88. The number of carbonyl (C=O) groups is 1. The second kappa shape index (κ2) is 13.4. The summed E-state index contributed by atoms with van der Waals surface area (Å²) in [4.78, 5) is 33.1. The smallest absolute Gasteiger partial charge is 0.338 e. The topological polar surface area (TPSA) is 65.6 Å². The minimum absolute atomic E-state index is 0.191. The van der Waals surface area contributed by atoms with Crippen LogP contribution in [0.5, 0.6) is 0 Å². The summed E-state index contributed by atoms with van der Waals surface area (Å²) in [6.45, 7) is 3.71. The third-order valence-electron chi connectivity index (χ3n) is 8.24. The quantitative estimate of drug-likeness (QED) is 0.155. The van der Waals surface area contributed by atoms with Crippen LogP contribution in [0.4, 0.5) is 0 Å². The van der Waals surface area contributed by atoms with Crippen molar-refractivity contribution in [2.75, 3.05) is 6.61 Å². The van der Waals surface area contributed by atoms with Crippen LogP contribution in [-0.2, 0) is 9.53 Å². The molecule has 0 N–H and O–H groups in total. The summed E-state index contributed by atoms with van der Waals surface area (Å²) < 4.78 is 10.7. The van der Waals surface area contributed by atoms with Crippen LogP contribution in [0.15, 0.2) is 141 Å². The Bertz CT molecular complexity index is 2380. The first-order valence-electron chi connectivity index (χ1n) is 15.4. The highest BCUT2D eigenvalue weighted by molar-refractivity contribution is 9.10. The standard InChI is InChI=1S/C39H29BrClN3O3S/c1-3-47-38(46)34-24(2)42-39-44(36(34)30-16-10-11-17-31(30)41)37(45)33(48-39)23-27-22-32(25-12-6-4-7-13-25)43(29-20-18-28(40)19-21-29)35(27)26-14-8-5-9-15-26/h4-23,36H,3H2,1-2H3/b33-23-/t36-/m0/s1. The van der Waals surface area contributed by atoms with Crippen molar-refractivity contribution in [1.82, 2.24) is 9.13 Å². The minimum atomic E-state index is -0.794. The fourth-order valence-electron chi connectivity index (χ4n) is 6.14. The van der Waals surface area contributed by atoms with E-state index in [1.165, 1.54) is 11.3 Å². The van der Waals surface area contributed by atoms with Gasteiger partial charge >= 0.3 is 5.97 Å². The third-order valence-corrected chi connectivity index (χ3v) is 10.1. The average Bonchev–Trinajstić information content (AvgIpc) is 3.62. The number of allylic oxidation sites excluding steroid dienone is 1. The maximum absolute atomic E-state index is 14.5. The molecule has 0 spiro atoms. The number of aromatic nitrogens is 2. The molecule has 9 heteroatoms. The van der Waals surface area contributed by atoms with Gasteiger partial charge in [-0.1, -0.05) is 118 Å². The van der Waals surface area contributed by atoms with Gasteiger partial charge in [-0.2, -0.15) is 0 Å². The highest BCUT2D eigenvalue weighted by atomic mass is 79.9. The molecule has 0 aliphatic carbocycles. The van der Waals surface area contributed by atoms with Crippen LogP contribution >= 0.6 is 38.9 Å². The maximum Gasteiger partial charge on any atom is 0.338 e. The van der Waals surface area contributed by atoms with Gasteiger partial charge < -0.3 is 9.30 Å². The molecule has 48 heavy (non-hydrogen) atoms. The van der Waals surface area contributed by atoms with E-state index < -0.39 is 12.0 Å². The van der Waals surface area contributed by atoms with Gasteiger partial charge in [0.05, 0.1) is 33.8 Å². The van der Waals surface area contributed by atoms with Gasteiger partial charge in [0.15, 0.2) is 4.80 Å². The highest BCUT2D eigenvalue weighted by Crippen LogP contribution is 2.37. The molecule has 0 unspecified atom stereocenters. The van der Waals surface area contributed by atoms with Crippen molar-refractivity contribution in [3.8, 4) is 28.2 Å². The summed E-state index contributed by atoms with van der Waals surface area (Å²) in [6.07, 6.45) is 1.93. The highest BCUT2D eigenvalue weighted by Gasteiger charge is 2.34. The molecule has 6 nitrogen and oxygen atoms in total. The Hall–Kier alpha value is -4.76. The fraction of sp³-hybridized carbons (Fsp3) is 0.103. The predicted octanol–water partition coefficient (Wildman–Crippen LogP) is 8.34. The molecule has 0 radical (unpaired) electrons. The van der Waals surface area contributed by atoms with Gasteiger partial charge in [0.1, 0.15) is 6.04 Å². The summed E-state index contributed by atoms with van der Waals surface area (Å²) in [6, 6.07) is 37.1. The van der Waals surface area contributed by atoms with E-state index in [0.717, 1.165) is 38.2 Å². The van der Waals surface area contributed by atoms with Gasteiger partial charge in [0, 0.05) is 20.7 Å². The van der Waals surface area contributed by atoms with E-state index in [2.05, 4.69) is 63.0 Å². The Labute approximate surface area is 294 Å². The maximum atomic E-state index is 14.5. The van der Waals surface area contributed by atoms with E-state index in [1.54, 1.807) is 24.5 Å². The van der Waals surface area contributed by atoms with Gasteiger partial charge in [-0.3, -0.25) is 9.36 Å². The van der Waals surface area contributed by atoms with Gasteiger partial charge in [-0.25, -0.2) is 9.79 Å². The lowest BCUT2D eigenvalue weighted by Gasteiger charge is -2.25. The summed E-state index contributed by atoms with van der Waals surface area (Å²) in [7, 11) is 0. The SMILES string of the molecule is CCOC(=O)C1=C(C)N=c2s/c(=C\c3cc(-c4ccccc4)n(-c4ccc(Br)cc4)c3-c3ccccc3)c(=O)n2[C@H]1c1ccccc1Cl. The van der Waals surface area contributed by atoms with Crippen LogP contribution in [0.2, 0.25) is 5.02 Å². The molecule has 0 saturated heterocycles. The minimum Gasteiger partial charge on any atom is -0.463 e. The number of esters is 1. The second-order valence-corrected chi connectivity index (χ2v) is 13.5. The molecule has 3 heterocycles. The number of carbonyl (C=O) groups excluding carboxylic acids is 1. The molecule has 2 aromatic heterocycles.